The molecule has 1 fully saturated rings. The molecule has 1 atom stereocenters. The van der Waals surface area contributed by atoms with E-state index in [0.717, 1.165) is 5.82 Å². The van der Waals surface area contributed by atoms with Crippen LogP contribution in [0, 0.1) is 0 Å². The number of nitrogens with zero attached hydrogens (tertiary/aromatic N) is 2. The summed E-state index contributed by atoms with van der Waals surface area (Å²) in [6.07, 6.45) is 4.38. The van der Waals surface area contributed by atoms with Crippen molar-refractivity contribution in [2.45, 2.75) is 18.4 Å². The quantitative estimate of drug-likeness (QED) is 0.738. The molecule has 1 aromatic heterocycles. The van der Waals surface area contributed by atoms with E-state index in [4.69, 9.17) is 10.5 Å². The number of nitrogens with two attached hydrogens (primary N) is 1. The fraction of sp³-hybridized carbons (Fsp3) is 0.600. The second-order valence-electron chi connectivity index (χ2n) is 4.01. The number of hydrogen-bond donors (Lipinski definition) is 1. The van der Waals surface area contributed by atoms with Gasteiger partial charge in [-0.3, -0.25) is 4.79 Å². The van der Waals surface area contributed by atoms with Crippen LogP contribution in [-0.4, -0.2) is 34.1 Å². The molecule has 15 heavy (non-hydrogen) atoms. The van der Waals surface area contributed by atoms with Crippen molar-refractivity contribution in [3.63, 3.8) is 0 Å². The molecule has 0 aromatic carbocycles. The maximum atomic E-state index is 11.9. The zero-order valence-corrected chi connectivity index (χ0v) is 8.77. The summed E-state index contributed by atoms with van der Waals surface area (Å²) in [5.41, 5.74) is 5.16. The first-order valence-electron chi connectivity index (χ1n) is 4.98. The molecule has 82 valence electrons. The number of Topliss-reactive ketones (excluding diaryl/α,β-unsaturated/α-hetero) is 1. The molecule has 2 heterocycles. The Morgan fingerprint density at radius 2 is 2.60 bits per heavy atom. The van der Waals surface area contributed by atoms with Crippen LogP contribution in [0.15, 0.2) is 12.4 Å². The van der Waals surface area contributed by atoms with Gasteiger partial charge in [0, 0.05) is 26.0 Å². The molecule has 1 aromatic rings. The number of carbonyl (C=O) groups is 1. The van der Waals surface area contributed by atoms with Crippen LogP contribution >= 0.6 is 0 Å². The van der Waals surface area contributed by atoms with Gasteiger partial charge in [-0.2, -0.15) is 0 Å². The summed E-state index contributed by atoms with van der Waals surface area (Å²) in [4.78, 5) is 16.0. The zero-order valence-electron chi connectivity index (χ0n) is 8.77. The van der Waals surface area contributed by atoms with Gasteiger partial charge in [-0.25, -0.2) is 4.98 Å². The highest BCUT2D eigenvalue weighted by molar-refractivity contribution is 5.89. The van der Waals surface area contributed by atoms with Gasteiger partial charge in [-0.15, -0.1) is 0 Å². The first kappa shape index (κ1) is 10.3. The van der Waals surface area contributed by atoms with E-state index in [0.29, 0.717) is 19.6 Å². The van der Waals surface area contributed by atoms with E-state index in [-0.39, 0.29) is 12.2 Å². The highest BCUT2D eigenvalue weighted by Gasteiger charge is 2.38. The van der Waals surface area contributed by atoms with Crippen LogP contribution < -0.4 is 5.73 Å². The van der Waals surface area contributed by atoms with Gasteiger partial charge in [-0.1, -0.05) is 0 Å². The first-order chi connectivity index (χ1) is 7.12. The fourth-order valence-corrected chi connectivity index (χ4v) is 1.69. The lowest BCUT2D eigenvalue weighted by atomic mass is 9.92. The van der Waals surface area contributed by atoms with Crippen LogP contribution in [0.1, 0.15) is 12.2 Å². The van der Waals surface area contributed by atoms with Crippen LogP contribution in [0.2, 0.25) is 0 Å². The summed E-state index contributed by atoms with van der Waals surface area (Å²) in [7, 11) is 1.87. The average Bonchev–Trinajstić information content (AvgIpc) is 2.78. The molecule has 5 nitrogen and oxygen atoms in total. The molecular formula is C10H15N3O2. The Bertz CT molecular complexity index is 366. The zero-order chi connectivity index (χ0) is 10.9. The van der Waals surface area contributed by atoms with Crippen LogP contribution in [0.3, 0.4) is 0 Å². The van der Waals surface area contributed by atoms with E-state index in [1.165, 1.54) is 0 Å². The van der Waals surface area contributed by atoms with Crippen molar-refractivity contribution in [3.8, 4) is 0 Å². The second-order valence-corrected chi connectivity index (χ2v) is 4.01. The SMILES string of the molecule is Cn1ccnc1CC(=O)C1(N)CCOC1. The average molecular weight is 209 g/mol. The maximum Gasteiger partial charge on any atom is 0.162 e. The summed E-state index contributed by atoms with van der Waals surface area (Å²) >= 11 is 0. The number of imidazole rings is 1. The van der Waals surface area contributed by atoms with Gasteiger partial charge in [0.15, 0.2) is 5.78 Å². The smallest absolute Gasteiger partial charge is 0.162 e. The van der Waals surface area contributed by atoms with Gasteiger partial charge in [0.1, 0.15) is 11.4 Å². The Morgan fingerprint density at radius 3 is 3.13 bits per heavy atom. The monoisotopic (exact) mass is 209 g/mol. The number of rotatable bonds is 3. The number of ether oxygens (including phenoxy) is 1. The molecule has 0 radical (unpaired) electrons. The highest BCUT2D eigenvalue weighted by Crippen LogP contribution is 2.18. The Hall–Kier alpha value is -1.20. The van der Waals surface area contributed by atoms with Crippen LogP contribution in [0.25, 0.3) is 0 Å². The molecule has 1 saturated heterocycles. The Labute approximate surface area is 88.2 Å². The van der Waals surface area contributed by atoms with E-state index >= 15 is 0 Å². The largest absolute Gasteiger partial charge is 0.379 e. The lowest BCUT2D eigenvalue weighted by Crippen LogP contribution is -2.49. The van der Waals surface area contributed by atoms with Crippen molar-refractivity contribution in [1.29, 1.82) is 0 Å². The molecule has 0 spiro atoms. The minimum Gasteiger partial charge on any atom is -0.379 e. The lowest BCUT2D eigenvalue weighted by molar-refractivity contribution is -0.123. The van der Waals surface area contributed by atoms with Crippen molar-refractivity contribution in [2.24, 2.45) is 12.8 Å². The van der Waals surface area contributed by atoms with E-state index in [9.17, 15) is 4.79 Å². The first-order valence-corrected chi connectivity index (χ1v) is 4.98. The Kier molecular flexibility index (Phi) is 2.58. The van der Waals surface area contributed by atoms with E-state index in [2.05, 4.69) is 4.98 Å². The standard InChI is InChI=1S/C10H15N3O2/c1-13-4-3-12-9(13)6-8(14)10(11)2-5-15-7-10/h3-4H,2,5-7,11H2,1H3. The molecule has 2 rings (SSSR count). The van der Waals surface area contributed by atoms with Crippen LogP contribution in [-0.2, 0) is 23.0 Å². The summed E-state index contributed by atoms with van der Waals surface area (Å²) < 4.78 is 6.99. The predicted octanol–water partition coefficient (Wildman–Crippen LogP) is -0.350. The highest BCUT2D eigenvalue weighted by atomic mass is 16.5. The second kappa shape index (κ2) is 3.75. The molecule has 0 saturated carbocycles. The van der Waals surface area contributed by atoms with Crippen LogP contribution in [0.4, 0.5) is 0 Å². The number of hydrogen-bond acceptors (Lipinski definition) is 4. The molecule has 0 bridgehead atoms. The third-order valence-corrected chi connectivity index (χ3v) is 2.85. The minimum atomic E-state index is -0.800. The molecular weight excluding hydrogens is 194 g/mol. The minimum absolute atomic E-state index is 0.00861. The Balaban J connectivity index is 2.07. The summed E-state index contributed by atoms with van der Waals surface area (Å²) in [6, 6.07) is 0. The topological polar surface area (TPSA) is 70.1 Å². The van der Waals surface area contributed by atoms with Crippen molar-refractivity contribution in [3.05, 3.63) is 18.2 Å². The molecule has 0 amide bonds. The van der Waals surface area contributed by atoms with Crippen molar-refractivity contribution in [1.82, 2.24) is 9.55 Å². The molecule has 1 unspecified atom stereocenters. The number of ketones is 1. The third kappa shape index (κ3) is 1.93. The van der Waals surface area contributed by atoms with E-state index in [1.807, 2.05) is 17.8 Å². The van der Waals surface area contributed by atoms with Gasteiger partial charge in [0.25, 0.3) is 0 Å². The van der Waals surface area contributed by atoms with Gasteiger partial charge in [0.05, 0.1) is 13.0 Å². The normalized spacial score (nSPS) is 25.7. The predicted molar refractivity (Wildman–Crippen MR) is 54.3 cm³/mol. The summed E-state index contributed by atoms with van der Waals surface area (Å²) in [5.74, 6) is 0.756. The molecule has 1 aliphatic heterocycles. The lowest BCUT2D eigenvalue weighted by Gasteiger charge is -2.19. The summed E-state index contributed by atoms with van der Waals surface area (Å²) in [5, 5.41) is 0. The van der Waals surface area contributed by atoms with Crippen LogP contribution in [0.5, 0.6) is 0 Å². The molecule has 1 aliphatic rings. The van der Waals surface area contributed by atoms with E-state index < -0.39 is 5.54 Å². The fourth-order valence-electron chi connectivity index (χ4n) is 1.69. The third-order valence-electron chi connectivity index (χ3n) is 2.85. The van der Waals surface area contributed by atoms with Crippen molar-refractivity contribution < 1.29 is 9.53 Å². The van der Waals surface area contributed by atoms with Gasteiger partial charge in [-0.05, 0) is 6.42 Å². The number of carbonyl (C=O) groups excluding carboxylic acids is 1. The molecule has 0 aliphatic carbocycles. The Morgan fingerprint density at radius 1 is 1.80 bits per heavy atom. The van der Waals surface area contributed by atoms with Gasteiger partial charge in [0.2, 0.25) is 0 Å². The van der Waals surface area contributed by atoms with Crippen molar-refractivity contribution >= 4 is 5.78 Å². The molecule has 5 heteroatoms. The van der Waals surface area contributed by atoms with Gasteiger partial charge < -0.3 is 15.0 Å². The van der Waals surface area contributed by atoms with Gasteiger partial charge >= 0.3 is 0 Å². The summed E-state index contributed by atoms with van der Waals surface area (Å²) in [6.45, 7) is 0.902. The van der Waals surface area contributed by atoms with E-state index in [1.54, 1.807) is 6.20 Å². The van der Waals surface area contributed by atoms with Crippen molar-refractivity contribution in [2.75, 3.05) is 13.2 Å². The number of aryl methyl sites for hydroxylation is 1. The maximum absolute atomic E-state index is 11.9. The number of aromatic nitrogens is 2. The molecule has 2 N–H and O–H groups in total.